The van der Waals surface area contributed by atoms with Crippen molar-refractivity contribution in [2.24, 2.45) is 4.99 Å². The van der Waals surface area contributed by atoms with E-state index in [1.807, 2.05) is 11.1 Å². The smallest absolute Gasteiger partial charge is 0.382 e. The molecule has 1 atom stereocenters. The summed E-state index contributed by atoms with van der Waals surface area (Å²) in [6.07, 6.45) is 1.36. The first-order valence-electron chi connectivity index (χ1n) is 10.6. The zero-order valence-corrected chi connectivity index (χ0v) is 18.3. The number of methoxy groups -OCH3 is 1. The average Bonchev–Trinajstić information content (AvgIpc) is 3.40. The Kier molecular flexibility index (Phi) is 6.80. The molecule has 4 rings (SSSR count). The second-order valence-electron chi connectivity index (χ2n) is 7.63. The lowest BCUT2D eigenvalue weighted by Gasteiger charge is -2.28. The van der Waals surface area contributed by atoms with Gasteiger partial charge in [-0.25, -0.2) is 9.98 Å². The molecule has 1 aliphatic rings. The van der Waals surface area contributed by atoms with E-state index in [1.165, 1.54) is 6.07 Å². The number of aromatic nitrogens is 4. The number of hydrogen-bond donors (Lipinski definition) is 1. The van der Waals surface area contributed by atoms with Crippen molar-refractivity contribution in [1.29, 1.82) is 0 Å². The molecule has 1 aromatic carbocycles. The largest absolute Gasteiger partial charge is 0.416 e. The van der Waals surface area contributed by atoms with Crippen LogP contribution in [0.3, 0.4) is 0 Å². The molecule has 3 aromatic rings. The van der Waals surface area contributed by atoms with Crippen LogP contribution in [0.4, 0.5) is 13.2 Å². The van der Waals surface area contributed by atoms with Crippen molar-refractivity contribution in [1.82, 2.24) is 24.6 Å². The van der Waals surface area contributed by atoms with Gasteiger partial charge in [0.1, 0.15) is 11.2 Å². The van der Waals surface area contributed by atoms with Gasteiger partial charge in [0.2, 0.25) is 6.35 Å². The molecule has 0 saturated heterocycles. The van der Waals surface area contributed by atoms with Crippen molar-refractivity contribution in [2.45, 2.75) is 32.4 Å². The van der Waals surface area contributed by atoms with Crippen molar-refractivity contribution in [3.05, 3.63) is 58.6 Å². The number of H-pyrrole nitrogens is 1. The van der Waals surface area contributed by atoms with Gasteiger partial charge in [0.15, 0.2) is 5.49 Å². The lowest BCUT2D eigenvalue weighted by Crippen LogP contribution is -2.44. The van der Waals surface area contributed by atoms with Gasteiger partial charge in [0.25, 0.3) is 0 Å². The Morgan fingerprint density at radius 2 is 2.06 bits per heavy atom. The Morgan fingerprint density at radius 1 is 1.21 bits per heavy atom. The Bertz CT molecular complexity index is 1200. The summed E-state index contributed by atoms with van der Waals surface area (Å²) in [5.41, 5.74) is 1.07. The number of halogens is 3. The molecule has 3 heterocycles. The van der Waals surface area contributed by atoms with E-state index in [1.54, 1.807) is 30.3 Å². The molecule has 0 radical (unpaired) electrons. The van der Waals surface area contributed by atoms with Crippen LogP contribution >= 0.6 is 0 Å². The first-order chi connectivity index (χ1) is 15.9. The Morgan fingerprint density at radius 3 is 2.82 bits per heavy atom. The summed E-state index contributed by atoms with van der Waals surface area (Å²) in [4.78, 5) is 14.4. The maximum Gasteiger partial charge on any atom is 0.416 e. The predicted octanol–water partition coefficient (Wildman–Crippen LogP) is 2.37. The molecule has 0 fully saturated rings. The first-order valence-corrected chi connectivity index (χ1v) is 10.6. The van der Waals surface area contributed by atoms with Crippen LogP contribution in [-0.4, -0.2) is 57.9 Å². The van der Waals surface area contributed by atoms with Gasteiger partial charge in [-0.15, -0.1) is 0 Å². The quantitative estimate of drug-likeness (QED) is 0.494. The molecule has 11 heteroatoms. The highest BCUT2D eigenvalue weighted by Gasteiger charge is 2.30. The van der Waals surface area contributed by atoms with E-state index in [2.05, 4.69) is 27.0 Å². The number of benzene rings is 1. The molecule has 0 aliphatic carbocycles. The van der Waals surface area contributed by atoms with Crippen LogP contribution in [0.25, 0.3) is 17.6 Å². The van der Waals surface area contributed by atoms with E-state index in [0.29, 0.717) is 35.7 Å². The van der Waals surface area contributed by atoms with Gasteiger partial charge < -0.3 is 19.4 Å². The molecule has 2 aromatic heterocycles. The SMILES string of the molecule is CCCN1C=c2[nH]c(-c3cnn(Cc4cccc(C(F)(F)F)c4)c3)nc2=NC1OCCOC. The van der Waals surface area contributed by atoms with E-state index in [0.717, 1.165) is 30.4 Å². The van der Waals surface area contributed by atoms with Gasteiger partial charge in [-0.05, 0) is 24.1 Å². The second-order valence-corrected chi connectivity index (χ2v) is 7.63. The van der Waals surface area contributed by atoms with Crippen molar-refractivity contribution in [3.63, 3.8) is 0 Å². The fourth-order valence-electron chi connectivity index (χ4n) is 3.52. The topological polar surface area (TPSA) is 80.6 Å². The number of rotatable bonds is 9. The second kappa shape index (κ2) is 9.75. The number of aromatic amines is 1. The number of fused-ring (bicyclic) bond motifs is 1. The number of nitrogens with one attached hydrogen (secondary N) is 1. The monoisotopic (exact) mass is 462 g/mol. The molecule has 0 amide bonds. The van der Waals surface area contributed by atoms with Crippen LogP contribution in [0, 0.1) is 0 Å². The van der Waals surface area contributed by atoms with Crippen LogP contribution < -0.4 is 10.8 Å². The highest BCUT2D eigenvalue weighted by molar-refractivity contribution is 5.52. The summed E-state index contributed by atoms with van der Waals surface area (Å²) in [6, 6.07) is 5.22. The van der Waals surface area contributed by atoms with Crippen LogP contribution in [0.1, 0.15) is 24.5 Å². The van der Waals surface area contributed by atoms with Gasteiger partial charge in [-0.1, -0.05) is 19.1 Å². The van der Waals surface area contributed by atoms with Crippen LogP contribution in [-0.2, 0) is 22.2 Å². The number of nitrogens with zero attached hydrogens (tertiary/aromatic N) is 5. The van der Waals surface area contributed by atoms with Gasteiger partial charge in [-0.2, -0.15) is 18.3 Å². The maximum absolute atomic E-state index is 13.0. The Hall–Kier alpha value is -3.18. The molecule has 1 N–H and O–H groups in total. The van der Waals surface area contributed by atoms with Crippen LogP contribution in [0.2, 0.25) is 0 Å². The molecule has 1 aliphatic heterocycles. The summed E-state index contributed by atoms with van der Waals surface area (Å²) in [5.74, 6) is 0.573. The third kappa shape index (κ3) is 5.42. The highest BCUT2D eigenvalue weighted by atomic mass is 19.4. The average molecular weight is 462 g/mol. The van der Waals surface area contributed by atoms with E-state index >= 15 is 0 Å². The maximum atomic E-state index is 13.0. The Labute approximate surface area is 188 Å². The van der Waals surface area contributed by atoms with Gasteiger partial charge in [-0.3, -0.25) is 4.68 Å². The van der Waals surface area contributed by atoms with Gasteiger partial charge in [0, 0.05) is 26.1 Å². The van der Waals surface area contributed by atoms with Crippen molar-refractivity contribution < 1.29 is 22.6 Å². The molecule has 176 valence electrons. The van der Waals surface area contributed by atoms with E-state index in [9.17, 15) is 13.2 Å². The summed E-state index contributed by atoms with van der Waals surface area (Å²) in [6.45, 7) is 3.93. The standard InChI is InChI=1S/C22H25F3N6O2/c1-3-7-30-14-18-20(29-21(30)33-9-8-32-2)28-19(27-18)16-11-26-31(13-16)12-15-5-4-6-17(10-15)22(23,24)25/h4-6,10-11,13-14,21H,3,7-9,12H2,1-2H3,(H,27,28,29). The Balaban J connectivity index is 1.55. The molecular formula is C22H25F3N6O2. The minimum Gasteiger partial charge on any atom is -0.382 e. The molecule has 1 unspecified atom stereocenters. The highest BCUT2D eigenvalue weighted by Crippen LogP contribution is 2.29. The third-order valence-corrected chi connectivity index (χ3v) is 5.06. The number of ether oxygens (including phenoxy) is 2. The normalized spacial score (nSPS) is 15.8. The third-order valence-electron chi connectivity index (χ3n) is 5.06. The molecule has 8 nitrogen and oxygen atoms in total. The number of hydrogen-bond acceptors (Lipinski definition) is 6. The molecule has 0 bridgehead atoms. The van der Waals surface area contributed by atoms with Crippen LogP contribution in [0.5, 0.6) is 0 Å². The van der Waals surface area contributed by atoms with E-state index in [-0.39, 0.29) is 6.54 Å². The zero-order valence-electron chi connectivity index (χ0n) is 18.3. The lowest BCUT2D eigenvalue weighted by molar-refractivity contribution is -0.137. The molecule has 0 spiro atoms. The van der Waals surface area contributed by atoms with Crippen molar-refractivity contribution in [2.75, 3.05) is 26.9 Å². The minimum atomic E-state index is -4.38. The van der Waals surface area contributed by atoms with Gasteiger partial charge >= 0.3 is 6.18 Å². The minimum absolute atomic E-state index is 0.209. The lowest BCUT2D eigenvalue weighted by atomic mass is 10.1. The summed E-state index contributed by atoms with van der Waals surface area (Å²) in [5, 5.41) is 5.04. The molecule has 33 heavy (non-hydrogen) atoms. The fourth-order valence-corrected chi connectivity index (χ4v) is 3.52. The summed E-state index contributed by atoms with van der Waals surface area (Å²) < 4.78 is 51.3. The van der Waals surface area contributed by atoms with Gasteiger partial charge in [0.05, 0.1) is 37.1 Å². The fraction of sp³-hybridized carbons (Fsp3) is 0.409. The predicted molar refractivity (Wildman–Crippen MR) is 114 cm³/mol. The van der Waals surface area contributed by atoms with E-state index in [4.69, 9.17) is 9.47 Å². The summed E-state index contributed by atoms with van der Waals surface area (Å²) >= 11 is 0. The summed E-state index contributed by atoms with van der Waals surface area (Å²) in [7, 11) is 1.61. The van der Waals surface area contributed by atoms with E-state index < -0.39 is 18.1 Å². The van der Waals surface area contributed by atoms with Crippen LogP contribution in [0.15, 0.2) is 41.7 Å². The molecular weight excluding hydrogens is 437 g/mol. The van der Waals surface area contributed by atoms with Crippen molar-refractivity contribution >= 4 is 6.20 Å². The number of alkyl halides is 3. The number of imidazole rings is 1. The molecule has 0 saturated carbocycles. The zero-order chi connectivity index (χ0) is 23.4. The first kappa shape index (κ1) is 23.0. The van der Waals surface area contributed by atoms with Crippen molar-refractivity contribution in [3.8, 4) is 11.4 Å².